The van der Waals surface area contributed by atoms with E-state index in [9.17, 15) is 4.79 Å². The Morgan fingerprint density at radius 3 is 2.70 bits per heavy atom. The van der Waals surface area contributed by atoms with E-state index < -0.39 is 0 Å². The monoisotopic (exact) mass is 332 g/mol. The summed E-state index contributed by atoms with van der Waals surface area (Å²) >= 11 is 3.41. The molecule has 0 aliphatic heterocycles. The van der Waals surface area contributed by atoms with Gasteiger partial charge < -0.3 is 11.1 Å². The average Bonchev–Trinajstić information content (AvgIpc) is 2.41. The topological polar surface area (TPSA) is 55.1 Å². The van der Waals surface area contributed by atoms with Crippen molar-refractivity contribution >= 4 is 33.2 Å². The standard InChI is InChI=1S/C16H17BrN2O/c1-11-10-13(17)7-8-15(11)19-16(20)9-6-12-4-2-3-5-14(12)18/h2-5,7-8,10H,6,9,18H2,1H3,(H,19,20). The van der Waals surface area contributed by atoms with Gasteiger partial charge >= 0.3 is 0 Å². The molecular weight excluding hydrogens is 316 g/mol. The molecule has 0 fully saturated rings. The fourth-order valence-electron chi connectivity index (χ4n) is 1.99. The van der Waals surface area contributed by atoms with E-state index >= 15 is 0 Å². The van der Waals surface area contributed by atoms with Crippen LogP contribution in [-0.2, 0) is 11.2 Å². The molecule has 0 aromatic heterocycles. The molecule has 20 heavy (non-hydrogen) atoms. The molecule has 2 rings (SSSR count). The van der Waals surface area contributed by atoms with Crippen molar-refractivity contribution in [2.24, 2.45) is 0 Å². The van der Waals surface area contributed by atoms with E-state index in [-0.39, 0.29) is 5.91 Å². The highest BCUT2D eigenvalue weighted by atomic mass is 79.9. The number of rotatable bonds is 4. The van der Waals surface area contributed by atoms with Gasteiger partial charge in [0.1, 0.15) is 0 Å². The molecular formula is C16H17BrN2O. The summed E-state index contributed by atoms with van der Waals surface area (Å²) in [5.41, 5.74) is 9.49. The second kappa shape index (κ2) is 6.57. The molecule has 4 heteroatoms. The third-order valence-corrected chi connectivity index (χ3v) is 3.63. The molecule has 0 heterocycles. The first-order valence-electron chi connectivity index (χ1n) is 6.45. The number of hydrogen-bond donors (Lipinski definition) is 2. The van der Waals surface area contributed by atoms with Crippen LogP contribution < -0.4 is 11.1 Å². The first kappa shape index (κ1) is 14.6. The molecule has 2 aromatic carbocycles. The molecule has 0 unspecified atom stereocenters. The van der Waals surface area contributed by atoms with Crippen molar-refractivity contribution in [1.82, 2.24) is 0 Å². The summed E-state index contributed by atoms with van der Waals surface area (Å²) in [6.45, 7) is 1.97. The van der Waals surface area contributed by atoms with Gasteiger partial charge in [0.15, 0.2) is 0 Å². The molecule has 0 spiro atoms. The predicted octanol–water partition coefficient (Wildman–Crippen LogP) is 3.91. The van der Waals surface area contributed by atoms with Crippen molar-refractivity contribution in [3.05, 3.63) is 58.1 Å². The quantitative estimate of drug-likeness (QED) is 0.834. The van der Waals surface area contributed by atoms with Crippen LogP contribution in [0.4, 0.5) is 11.4 Å². The third kappa shape index (κ3) is 3.84. The molecule has 0 radical (unpaired) electrons. The Balaban J connectivity index is 1.94. The fraction of sp³-hybridized carbons (Fsp3) is 0.188. The van der Waals surface area contributed by atoms with Gasteiger partial charge in [-0.3, -0.25) is 4.79 Å². The lowest BCUT2D eigenvalue weighted by Gasteiger charge is -2.09. The van der Waals surface area contributed by atoms with Gasteiger partial charge in [0.05, 0.1) is 0 Å². The predicted molar refractivity (Wildman–Crippen MR) is 86.7 cm³/mol. The Bertz CT molecular complexity index is 626. The van der Waals surface area contributed by atoms with Crippen LogP contribution in [0.15, 0.2) is 46.9 Å². The van der Waals surface area contributed by atoms with Crippen LogP contribution in [-0.4, -0.2) is 5.91 Å². The van der Waals surface area contributed by atoms with Crippen molar-refractivity contribution < 1.29 is 4.79 Å². The minimum Gasteiger partial charge on any atom is -0.399 e. The number of benzene rings is 2. The van der Waals surface area contributed by atoms with E-state index in [2.05, 4.69) is 21.2 Å². The average molecular weight is 333 g/mol. The number of carbonyl (C=O) groups is 1. The van der Waals surface area contributed by atoms with E-state index in [0.717, 1.165) is 27.0 Å². The largest absolute Gasteiger partial charge is 0.399 e. The zero-order valence-corrected chi connectivity index (χ0v) is 12.9. The molecule has 104 valence electrons. The maximum Gasteiger partial charge on any atom is 0.224 e. The van der Waals surface area contributed by atoms with Gasteiger partial charge in [0.25, 0.3) is 0 Å². The summed E-state index contributed by atoms with van der Waals surface area (Å²) in [6.07, 6.45) is 1.07. The lowest BCUT2D eigenvalue weighted by Crippen LogP contribution is -2.13. The van der Waals surface area contributed by atoms with E-state index in [4.69, 9.17) is 5.73 Å². The van der Waals surface area contributed by atoms with E-state index in [0.29, 0.717) is 12.8 Å². The van der Waals surface area contributed by atoms with Crippen molar-refractivity contribution in [2.45, 2.75) is 19.8 Å². The molecule has 0 aliphatic rings. The molecule has 0 aliphatic carbocycles. The fourth-order valence-corrected chi connectivity index (χ4v) is 2.47. The van der Waals surface area contributed by atoms with Crippen LogP contribution in [0.5, 0.6) is 0 Å². The Labute approximate surface area is 127 Å². The molecule has 1 amide bonds. The van der Waals surface area contributed by atoms with E-state index in [1.807, 2.05) is 49.4 Å². The zero-order valence-electron chi connectivity index (χ0n) is 11.3. The smallest absolute Gasteiger partial charge is 0.224 e. The minimum absolute atomic E-state index is 0.00123. The van der Waals surface area contributed by atoms with Gasteiger partial charge in [-0.2, -0.15) is 0 Å². The summed E-state index contributed by atoms with van der Waals surface area (Å²) in [7, 11) is 0. The summed E-state index contributed by atoms with van der Waals surface area (Å²) in [5, 5.41) is 2.93. The van der Waals surface area contributed by atoms with Gasteiger partial charge in [0, 0.05) is 22.3 Å². The Morgan fingerprint density at radius 1 is 1.25 bits per heavy atom. The summed E-state index contributed by atoms with van der Waals surface area (Å²) in [4.78, 5) is 12.0. The van der Waals surface area contributed by atoms with Crippen molar-refractivity contribution in [1.29, 1.82) is 0 Å². The maximum absolute atomic E-state index is 12.0. The number of aryl methyl sites for hydroxylation is 2. The first-order valence-corrected chi connectivity index (χ1v) is 7.25. The minimum atomic E-state index is -0.00123. The van der Waals surface area contributed by atoms with Crippen molar-refractivity contribution in [3.63, 3.8) is 0 Å². The lowest BCUT2D eigenvalue weighted by atomic mass is 10.1. The van der Waals surface area contributed by atoms with Gasteiger partial charge in [-0.1, -0.05) is 34.1 Å². The van der Waals surface area contributed by atoms with Crippen LogP contribution in [0.2, 0.25) is 0 Å². The van der Waals surface area contributed by atoms with Crippen LogP contribution in [0, 0.1) is 6.92 Å². The Kier molecular flexibility index (Phi) is 4.79. The number of nitrogens with one attached hydrogen (secondary N) is 1. The molecule has 2 aromatic rings. The molecule has 0 saturated heterocycles. The molecule has 3 N–H and O–H groups in total. The SMILES string of the molecule is Cc1cc(Br)ccc1NC(=O)CCc1ccccc1N. The van der Waals surface area contributed by atoms with Gasteiger partial charge in [-0.05, 0) is 48.7 Å². The number of halogens is 1. The normalized spacial score (nSPS) is 10.3. The van der Waals surface area contributed by atoms with Gasteiger partial charge in [-0.25, -0.2) is 0 Å². The molecule has 3 nitrogen and oxygen atoms in total. The highest BCUT2D eigenvalue weighted by Gasteiger charge is 2.06. The first-order chi connectivity index (χ1) is 9.56. The van der Waals surface area contributed by atoms with E-state index in [1.165, 1.54) is 0 Å². The second-order valence-electron chi connectivity index (χ2n) is 4.71. The third-order valence-electron chi connectivity index (χ3n) is 3.14. The molecule has 0 bridgehead atoms. The number of carbonyl (C=O) groups excluding carboxylic acids is 1. The number of nitrogens with two attached hydrogens (primary N) is 1. The number of amides is 1. The van der Waals surface area contributed by atoms with Crippen LogP contribution in [0.3, 0.4) is 0 Å². The number of anilines is 2. The van der Waals surface area contributed by atoms with Gasteiger partial charge in [0.2, 0.25) is 5.91 Å². The maximum atomic E-state index is 12.0. The number of para-hydroxylation sites is 1. The molecule has 0 saturated carbocycles. The van der Waals surface area contributed by atoms with Gasteiger partial charge in [-0.15, -0.1) is 0 Å². The lowest BCUT2D eigenvalue weighted by molar-refractivity contribution is -0.116. The Hall–Kier alpha value is -1.81. The van der Waals surface area contributed by atoms with Crippen LogP contribution in [0.1, 0.15) is 17.5 Å². The molecule has 0 atom stereocenters. The Morgan fingerprint density at radius 2 is 2.00 bits per heavy atom. The number of hydrogen-bond acceptors (Lipinski definition) is 2. The summed E-state index contributed by atoms with van der Waals surface area (Å²) < 4.78 is 1.00. The second-order valence-corrected chi connectivity index (χ2v) is 5.62. The summed E-state index contributed by atoms with van der Waals surface area (Å²) in [6, 6.07) is 13.4. The zero-order chi connectivity index (χ0) is 14.5. The van der Waals surface area contributed by atoms with Crippen LogP contribution >= 0.6 is 15.9 Å². The van der Waals surface area contributed by atoms with Crippen molar-refractivity contribution in [2.75, 3.05) is 11.1 Å². The number of nitrogen functional groups attached to an aromatic ring is 1. The van der Waals surface area contributed by atoms with E-state index in [1.54, 1.807) is 0 Å². The van der Waals surface area contributed by atoms with Crippen LogP contribution in [0.25, 0.3) is 0 Å². The highest BCUT2D eigenvalue weighted by molar-refractivity contribution is 9.10. The van der Waals surface area contributed by atoms with Crippen molar-refractivity contribution in [3.8, 4) is 0 Å². The summed E-state index contributed by atoms with van der Waals surface area (Å²) in [5.74, 6) is -0.00123. The highest BCUT2D eigenvalue weighted by Crippen LogP contribution is 2.20.